The molecule has 2 aliphatic rings. The third-order valence-electron chi connectivity index (χ3n) is 4.53. The van der Waals surface area contributed by atoms with Gasteiger partial charge in [-0.3, -0.25) is 4.79 Å². The Kier molecular flexibility index (Phi) is 5.05. The van der Waals surface area contributed by atoms with E-state index in [1.54, 1.807) is 24.3 Å². The van der Waals surface area contributed by atoms with E-state index in [2.05, 4.69) is 31.2 Å². The number of hydrogen-bond acceptors (Lipinski definition) is 6. The van der Waals surface area contributed by atoms with E-state index in [0.717, 1.165) is 27.9 Å². The summed E-state index contributed by atoms with van der Waals surface area (Å²) in [4.78, 5) is 18.5. The van der Waals surface area contributed by atoms with E-state index < -0.39 is 5.66 Å². The number of ether oxygens (including phenoxy) is 1. The van der Waals surface area contributed by atoms with Crippen molar-refractivity contribution in [1.29, 1.82) is 0 Å². The van der Waals surface area contributed by atoms with Crippen LogP contribution < -0.4 is 0 Å². The van der Waals surface area contributed by atoms with Crippen molar-refractivity contribution >= 4 is 51.0 Å². The molecule has 3 heterocycles. The second-order valence-electron chi connectivity index (χ2n) is 6.17. The first-order valence-corrected chi connectivity index (χ1v) is 10.3. The molecule has 26 heavy (non-hydrogen) atoms. The molecule has 1 aromatic heterocycles. The predicted octanol–water partition coefficient (Wildman–Crippen LogP) is 5.61. The molecule has 2 unspecified atom stereocenters. The Morgan fingerprint density at radius 1 is 1.31 bits per heavy atom. The largest absolute Gasteiger partial charge is 0.373 e. The van der Waals surface area contributed by atoms with Gasteiger partial charge in [0.15, 0.2) is 5.78 Å². The molecule has 5 nitrogen and oxygen atoms in total. The van der Waals surface area contributed by atoms with Crippen LogP contribution in [0.3, 0.4) is 0 Å². The first kappa shape index (κ1) is 18.0. The van der Waals surface area contributed by atoms with Gasteiger partial charge in [0.1, 0.15) is 12.4 Å². The third kappa shape index (κ3) is 3.17. The number of benzene rings is 1. The number of thiophene rings is 1. The van der Waals surface area contributed by atoms with Crippen LogP contribution in [0.25, 0.3) is 0 Å². The van der Waals surface area contributed by atoms with Gasteiger partial charge in [-0.1, -0.05) is 11.6 Å². The van der Waals surface area contributed by atoms with Crippen LogP contribution >= 0.6 is 38.9 Å². The Balaban J connectivity index is 1.79. The van der Waals surface area contributed by atoms with Crippen LogP contribution in [-0.2, 0) is 10.4 Å². The van der Waals surface area contributed by atoms with Gasteiger partial charge in [0, 0.05) is 22.8 Å². The average Bonchev–Trinajstić information content (AvgIpc) is 3.30. The highest BCUT2D eigenvalue weighted by atomic mass is 79.9. The predicted molar refractivity (Wildman–Crippen MR) is 106 cm³/mol. The Bertz CT molecular complexity index is 876. The summed E-state index contributed by atoms with van der Waals surface area (Å²) in [5.74, 6) is -0.0916. The van der Waals surface area contributed by atoms with E-state index in [9.17, 15) is 4.79 Å². The summed E-state index contributed by atoms with van der Waals surface area (Å²) in [5.41, 5.74) is 0.157. The monoisotopic (exact) mass is 451 g/mol. The minimum atomic E-state index is -0.978. The smallest absolute Gasteiger partial charge is 0.233 e. The van der Waals surface area contributed by atoms with Crippen LogP contribution in [0.5, 0.6) is 0 Å². The number of hydrogen-bond donors (Lipinski definition) is 0. The SMILES string of the molecule is O=C(c1ccc(Cl)cc1)c1cc(Br)sc1C1(C2CCCCO2)N=CN=N1. The first-order chi connectivity index (χ1) is 12.6. The fraction of sp³-hybridized carbons (Fsp3) is 0.333. The van der Waals surface area contributed by atoms with E-state index in [4.69, 9.17) is 16.3 Å². The molecular weight excluding hydrogens is 438 g/mol. The molecule has 0 bridgehead atoms. The van der Waals surface area contributed by atoms with Crippen molar-refractivity contribution < 1.29 is 9.53 Å². The van der Waals surface area contributed by atoms with Crippen molar-refractivity contribution in [1.82, 2.24) is 0 Å². The number of ketones is 1. The Hall–Kier alpha value is -1.41. The number of aliphatic imine (C=N–C) groups is 1. The lowest BCUT2D eigenvalue weighted by atomic mass is 9.91. The highest BCUT2D eigenvalue weighted by molar-refractivity contribution is 9.11. The number of carbonyl (C=O) groups excluding carboxylic acids is 1. The molecule has 0 aliphatic carbocycles. The van der Waals surface area contributed by atoms with Gasteiger partial charge in [0.05, 0.1) is 8.66 Å². The maximum Gasteiger partial charge on any atom is 0.233 e. The van der Waals surface area contributed by atoms with Gasteiger partial charge in [0.2, 0.25) is 5.66 Å². The zero-order chi connectivity index (χ0) is 18.1. The maximum atomic E-state index is 13.2. The summed E-state index contributed by atoms with van der Waals surface area (Å²) in [6.45, 7) is 0.671. The lowest BCUT2D eigenvalue weighted by molar-refractivity contribution is -0.0307. The number of carbonyl (C=O) groups is 1. The normalized spacial score (nSPS) is 24.9. The van der Waals surface area contributed by atoms with Crippen LogP contribution in [-0.4, -0.2) is 24.8 Å². The summed E-state index contributed by atoms with van der Waals surface area (Å²) in [5, 5.41) is 9.01. The molecule has 2 aliphatic heterocycles. The van der Waals surface area contributed by atoms with E-state index in [1.807, 2.05) is 6.07 Å². The lowest BCUT2D eigenvalue weighted by Gasteiger charge is -2.33. The number of nitrogens with zero attached hydrogens (tertiary/aromatic N) is 3. The van der Waals surface area contributed by atoms with Gasteiger partial charge >= 0.3 is 0 Å². The highest BCUT2D eigenvalue weighted by Gasteiger charge is 2.47. The van der Waals surface area contributed by atoms with Crippen molar-refractivity contribution in [3.63, 3.8) is 0 Å². The van der Waals surface area contributed by atoms with Gasteiger partial charge in [-0.05, 0) is 65.5 Å². The molecule has 2 aromatic rings. The number of azo groups is 1. The number of halogens is 2. The molecule has 1 fully saturated rings. The molecule has 0 saturated carbocycles. The number of rotatable bonds is 4. The zero-order valence-corrected chi connectivity index (χ0v) is 16.9. The van der Waals surface area contributed by atoms with Crippen LogP contribution in [0.2, 0.25) is 5.02 Å². The first-order valence-electron chi connectivity index (χ1n) is 8.27. The van der Waals surface area contributed by atoms with Crippen LogP contribution in [0, 0.1) is 0 Å². The molecule has 2 atom stereocenters. The van der Waals surface area contributed by atoms with Gasteiger partial charge in [-0.25, -0.2) is 4.99 Å². The molecule has 8 heteroatoms. The van der Waals surface area contributed by atoms with Crippen LogP contribution in [0.4, 0.5) is 0 Å². The van der Waals surface area contributed by atoms with Gasteiger partial charge in [-0.15, -0.1) is 21.6 Å². The van der Waals surface area contributed by atoms with Gasteiger partial charge in [-0.2, -0.15) is 0 Å². The van der Waals surface area contributed by atoms with Gasteiger partial charge < -0.3 is 4.74 Å². The standard InChI is InChI=1S/C18H15BrClN3O2S/c19-15-9-13(16(24)11-4-6-12(20)7-5-11)17(26-15)18(21-10-22-23-18)14-3-1-2-8-25-14/h4-7,9-10,14H,1-3,8H2. The van der Waals surface area contributed by atoms with E-state index in [0.29, 0.717) is 22.8 Å². The fourth-order valence-electron chi connectivity index (χ4n) is 3.27. The third-order valence-corrected chi connectivity index (χ3v) is 6.54. The van der Waals surface area contributed by atoms with Crippen molar-refractivity contribution in [3.05, 3.63) is 55.1 Å². The molecule has 0 amide bonds. The molecule has 0 radical (unpaired) electrons. The quantitative estimate of drug-likeness (QED) is 0.566. The molecule has 0 spiro atoms. The second kappa shape index (κ2) is 7.31. The summed E-state index contributed by atoms with van der Waals surface area (Å²) in [6, 6.07) is 8.70. The summed E-state index contributed by atoms with van der Waals surface area (Å²) in [6.07, 6.45) is 4.13. The molecule has 134 valence electrons. The molecule has 0 N–H and O–H groups in total. The Labute approximate surface area is 168 Å². The van der Waals surface area contributed by atoms with E-state index >= 15 is 0 Å². The summed E-state index contributed by atoms with van der Waals surface area (Å²) < 4.78 is 6.82. The second-order valence-corrected chi connectivity index (χ2v) is 9.04. The summed E-state index contributed by atoms with van der Waals surface area (Å²) in [7, 11) is 0. The van der Waals surface area contributed by atoms with Crippen molar-refractivity contribution in [3.8, 4) is 0 Å². The minimum Gasteiger partial charge on any atom is -0.373 e. The molecule has 4 rings (SSSR count). The zero-order valence-electron chi connectivity index (χ0n) is 13.7. The Morgan fingerprint density at radius 3 is 2.77 bits per heavy atom. The topological polar surface area (TPSA) is 63.4 Å². The van der Waals surface area contributed by atoms with Crippen molar-refractivity contribution in [2.24, 2.45) is 15.2 Å². The lowest BCUT2D eigenvalue weighted by Crippen LogP contribution is -2.39. The maximum absolute atomic E-state index is 13.2. The molecule has 1 aromatic carbocycles. The van der Waals surface area contributed by atoms with Crippen LogP contribution in [0.15, 0.2) is 49.3 Å². The fourth-order valence-corrected chi connectivity index (χ4v) is 5.12. The highest BCUT2D eigenvalue weighted by Crippen LogP contribution is 2.46. The minimum absolute atomic E-state index is 0.0916. The molecular formula is C18H15BrClN3O2S. The van der Waals surface area contributed by atoms with E-state index in [1.165, 1.54) is 17.7 Å². The molecule has 1 saturated heterocycles. The van der Waals surface area contributed by atoms with Crippen molar-refractivity contribution in [2.75, 3.05) is 6.61 Å². The Morgan fingerprint density at radius 2 is 2.12 bits per heavy atom. The van der Waals surface area contributed by atoms with Crippen LogP contribution in [0.1, 0.15) is 40.1 Å². The van der Waals surface area contributed by atoms with Gasteiger partial charge in [0.25, 0.3) is 0 Å². The summed E-state index contributed by atoms with van der Waals surface area (Å²) >= 11 is 10.9. The van der Waals surface area contributed by atoms with E-state index in [-0.39, 0.29) is 11.9 Å². The van der Waals surface area contributed by atoms with Crippen molar-refractivity contribution in [2.45, 2.75) is 31.0 Å². The average molecular weight is 453 g/mol.